The van der Waals surface area contributed by atoms with Gasteiger partial charge in [-0.1, -0.05) is 44.2 Å². The number of benzene rings is 1. The van der Waals surface area contributed by atoms with Crippen LogP contribution in [0.5, 0.6) is 0 Å². The summed E-state index contributed by atoms with van der Waals surface area (Å²) in [5.41, 5.74) is 3.37. The fourth-order valence-corrected chi connectivity index (χ4v) is 2.35. The summed E-state index contributed by atoms with van der Waals surface area (Å²) in [6.45, 7) is 8.45. The molecule has 1 aromatic rings. The highest BCUT2D eigenvalue weighted by atomic mass is 35.5. The summed E-state index contributed by atoms with van der Waals surface area (Å²) in [7, 11) is 0. The fraction of sp³-hybridized carbons (Fsp3) is 0.333. The van der Waals surface area contributed by atoms with Crippen LogP contribution < -0.4 is 5.32 Å². The molecule has 1 aromatic carbocycles. The molecule has 14 heavy (non-hydrogen) atoms. The highest BCUT2D eigenvalue weighted by Gasteiger charge is 2.29. The van der Waals surface area contributed by atoms with Crippen molar-refractivity contribution in [3.05, 3.63) is 41.1 Å². The van der Waals surface area contributed by atoms with E-state index in [9.17, 15) is 0 Å². The van der Waals surface area contributed by atoms with Crippen molar-refractivity contribution in [3.8, 4) is 0 Å². The van der Waals surface area contributed by atoms with E-state index in [0.29, 0.717) is 11.8 Å². The first-order valence-electron chi connectivity index (χ1n) is 4.85. The molecule has 74 valence electrons. The van der Waals surface area contributed by atoms with Gasteiger partial charge < -0.3 is 5.32 Å². The van der Waals surface area contributed by atoms with E-state index in [1.165, 1.54) is 5.56 Å². The Balaban J connectivity index is 2.53. The Hall–Kier alpha value is -0.950. The molecule has 1 atom stereocenters. The van der Waals surface area contributed by atoms with Crippen LogP contribution >= 0.6 is 11.6 Å². The average Bonchev–Trinajstić information content (AvgIpc) is 2.42. The molecule has 2 heteroatoms. The normalized spacial score (nSPS) is 19.7. The van der Waals surface area contributed by atoms with Gasteiger partial charge in [0, 0.05) is 11.6 Å². The molecule has 0 unspecified atom stereocenters. The van der Waals surface area contributed by atoms with Crippen molar-refractivity contribution >= 4 is 17.3 Å². The molecule has 1 nitrogen and oxygen atoms in total. The van der Waals surface area contributed by atoms with Gasteiger partial charge >= 0.3 is 0 Å². The molecule has 0 saturated heterocycles. The van der Waals surface area contributed by atoms with Crippen LogP contribution in [-0.4, -0.2) is 0 Å². The van der Waals surface area contributed by atoms with Crippen LogP contribution in [0.1, 0.15) is 25.3 Å². The minimum Gasteiger partial charge on any atom is -0.357 e. The topological polar surface area (TPSA) is 12.0 Å². The van der Waals surface area contributed by atoms with E-state index >= 15 is 0 Å². The summed E-state index contributed by atoms with van der Waals surface area (Å²) in [4.78, 5) is 0. The average molecular weight is 208 g/mol. The maximum Gasteiger partial charge on any atom is 0.0643 e. The molecule has 1 heterocycles. The zero-order valence-corrected chi connectivity index (χ0v) is 9.23. The Morgan fingerprint density at radius 3 is 2.79 bits per heavy atom. The van der Waals surface area contributed by atoms with Crippen molar-refractivity contribution in [2.24, 2.45) is 5.92 Å². The number of hydrogen-bond acceptors (Lipinski definition) is 1. The summed E-state index contributed by atoms with van der Waals surface area (Å²) in [5, 5.41) is 4.05. The molecule has 1 aliphatic rings. The van der Waals surface area contributed by atoms with Crippen LogP contribution in [0.15, 0.2) is 30.5 Å². The summed E-state index contributed by atoms with van der Waals surface area (Å²) < 4.78 is 0. The van der Waals surface area contributed by atoms with Crippen LogP contribution in [0.4, 0.5) is 5.69 Å². The predicted octanol–water partition coefficient (Wildman–Crippen LogP) is 4.02. The van der Waals surface area contributed by atoms with E-state index in [1.807, 2.05) is 12.1 Å². The lowest BCUT2D eigenvalue weighted by Gasteiger charge is -2.15. The number of nitrogens with one attached hydrogen (secondary N) is 1. The molecular weight excluding hydrogens is 194 g/mol. The number of halogens is 1. The largest absolute Gasteiger partial charge is 0.357 e. The molecule has 0 amide bonds. The van der Waals surface area contributed by atoms with Crippen LogP contribution in [0.3, 0.4) is 0 Å². The maximum absolute atomic E-state index is 6.10. The second kappa shape index (κ2) is 3.32. The summed E-state index contributed by atoms with van der Waals surface area (Å²) >= 11 is 6.10. The lowest BCUT2D eigenvalue weighted by Crippen LogP contribution is -2.05. The van der Waals surface area contributed by atoms with Crippen LogP contribution in [0.2, 0.25) is 5.02 Å². The lowest BCUT2D eigenvalue weighted by atomic mass is 9.88. The highest BCUT2D eigenvalue weighted by molar-refractivity contribution is 6.33. The molecule has 1 aliphatic heterocycles. The Bertz CT molecular complexity index is 382. The fourth-order valence-electron chi connectivity index (χ4n) is 2.12. The number of anilines is 1. The summed E-state index contributed by atoms with van der Waals surface area (Å²) in [5.74, 6) is 0.943. The second-order valence-corrected chi connectivity index (χ2v) is 4.48. The number of rotatable bonds is 1. The molecule has 2 rings (SSSR count). The molecule has 0 aliphatic carbocycles. The predicted molar refractivity (Wildman–Crippen MR) is 61.8 cm³/mol. The Morgan fingerprint density at radius 2 is 2.14 bits per heavy atom. The van der Waals surface area contributed by atoms with Crippen molar-refractivity contribution in [3.63, 3.8) is 0 Å². The smallest absolute Gasteiger partial charge is 0.0643 e. The maximum atomic E-state index is 6.10. The number of allylic oxidation sites excluding steroid dienone is 1. The SMILES string of the molecule is C=C1Nc2c(Cl)cccc2[C@H]1C(C)C. The van der Waals surface area contributed by atoms with Crippen molar-refractivity contribution in [2.75, 3.05) is 5.32 Å². The van der Waals surface area contributed by atoms with E-state index in [1.54, 1.807) is 0 Å². The molecule has 0 bridgehead atoms. The Kier molecular flexibility index (Phi) is 2.28. The van der Waals surface area contributed by atoms with E-state index in [-0.39, 0.29) is 0 Å². The first-order valence-corrected chi connectivity index (χ1v) is 5.23. The molecule has 0 spiro atoms. The molecular formula is C12H14ClN. The van der Waals surface area contributed by atoms with Gasteiger partial charge in [-0.2, -0.15) is 0 Å². The van der Waals surface area contributed by atoms with Gasteiger partial charge in [0.05, 0.1) is 10.7 Å². The zero-order valence-electron chi connectivity index (χ0n) is 8.47. The van der Waals surface area contributed by atoms with Gasteiger partial charge in [-0.05, 0) is 17.5 Å². The van der Waals surface area contributed by atoms with Crippen LogP contribution in [0, 0.1) is 5.92 Å². The number of hydrogen-bond donors (Lipinski definition) is 1. The minimum absolute atomic E-state index is 0.392. The van der Waals surface area contributed by atoms with Gasteiger partial charge in [0.2, 0.25) is 0 Å². The van der Waals surface area contributed by atoms with Crippen LogP contribution in [-0.2, 0) is 0 Å². The molecule has 0 saturated carbocycles. The first-order chi connectivity index (χ1) is 6.61. The van der Waals surface area contributed by atoms with Gasteiger partial charge in [-0.25, -0.2) is 0 Å². The number of fused-ring (bicyclic) bond motifs is 1. The molecule has 0 fully saturated rings. The third-order valence-electron chi connectivity index (χ3n) is 2.71. The monoisotopic (exact) mass is 207 g/mol. The molecule has 0 aromatic heterocycles. The van der Waals surface area contributed by atoms with Gasteiger partial charge in [-0.3, -0.25) is 0 Å². The van der Waals surface area contributed by atoms with E-state index in [4.69, 9.17) is 11.6 Å². The van der Waals surface area contributed by atoms with Crippen molar-refractivity contribution in [1.29, 1.82) is 0 Å². The standard InChI is InChI=1S/C12H14ClN/c1-7(2)11-8(3)14-12-9(11)5-4-6-10(12)13/h4-7,11,14H,3H2,1-2H3/t11-/m0/s1. The highest BCUT2D eigenvalue weighted by Crippen LogP contribution is 2.44. The van der Waals surface area contributed by atoms with E-state index in [0.717, 1.165) is 16.4 Å². The van der Waals surface area contributed by atoms with Gasteiger partial charge in [0.1, 0.15) is 0 Å². The third-order valence-corrected chi connectivity index (χ3v) is 3.02. The second-order valence-electron chi connectivity index (χ2n) is 4.08. The zero-order chi connectivity index (χ0) is 10.3. The lowest BCUT2D eigenvalue weighted by molar-refractivity contribution is 0.571. The van der Waals surface area contributed by atoms with Crippen molar-refractivity contribution in [2.45, 2.75) is 19.8 Å². The van der Waals surface area contributed by atoms with E-state index < -0.39 is 0 Å². The van der Waals surface area contributed by atoms with Gasteiger partial charge in [0.25, 0.3) is 0 Å². The molecule has 1 N–H and O–H groups in total. The van der Waals surface area contributed by atoms with Gasteiger partial charge in [0.15, 0.2) is 0 Å². The quantitative estimate of drug-likeness (QED) is 0.734. The summed E-state index contributed by atoms with van der Waals surface area (Å²) in [6.07, 6.45) is 0. The van der Waals surface area contributed by atoms with Crippen molar-refractivity contribution < 1.29 is 0 Å². The first kappa shape index (κ1) is 9.60. The van der Waals surface area contributed by atoms with Crippen molar-refractivity contribution in [1.82, 2.24) is 0 Å². The van der Waals surface area contributed by atoms with E-state index in [2.05, 4.69) is 31.8 Å². The van der Waals surface area contributed by atoms with Gasteiger partial charge in [-0.15, -0.1) is 0 Å². The summed E-state index contributed by atoms with van der Waals surface area (Å²) in [6, 6.07) is 6.03. The Morgan fingerprint density at radius 1 is 1.43 bits per heavy atom. The Labute approximate surface area is 89.8 Å². The van der Waals surface area contributed by atoms with Crippen LogP contribution in [0.25, 0.3) is 0 Å². The molecule has 0 radical (unpaired) electrons. The number of para-hydroxylation sites is 1. The minimum atomic E-state index is 0.392. The third kappa shape index (κ3) is 1.32.